The maximum absolute atomic E-state index is 14.0. The van der Waals surface area contributed by atoms with E-state index in [0.29, 0.717) is 59.4 Å². The molecule has 9 aliphatic rings. The zero-order valence-electron chi connectivity index (χ0n) is 53.6. The molecule has 6 aromatic rings. The van der Waals surface area contributed by atoms with E-state index in [4.69, 9.17) is 6.42 Å². The van der Waals surface area contributed by atoms with Crippen LogP contribution in [0.4, 0.5) is 79.0 Å². The van der Waals surface area contributed by atoms with Gasteiger partial charge in [0.1, 0.15) is 28.6 Å². The summed E-state index contributed by atoms with van der Waals surface area (Å²) in [5.41, 5.74) is 2.64. The van der Waals surface area contributed by atoms with Gasteiger partial charge in [-0.3, -0.25) is 23.8 Å². The first kappa shape index (κ1) is 70.1. The van der Waals surface area contributed by atoms with Gasteiger partial charge < -0.3 is 0 Å². The third kappa shape index (κ3) is 12.8. The number of aryl methyl sites for hydroxylation is 1. The summed E-state index contributed by atoms with van der Waals surface area (Å²) in [5.74, 6) is -10.9. The van der Waals surface area contributed by atoms with Crippen LogP contribution in [0.1, 0.15) is 258 Å². The molecular formula is C66H74F18N10. The lowest BCUT2D eigenvalue weighted by Crippen LogP contribution is -2.32. The van der Waals surface area contributed by atoms with Crippen LogP contribution < -0.4 is 0 Å². The Bertz CT molecular complexity index is 3890. The molecule has 9 aliphatic carbocycles. The van der Waals surface area contributed by atoms with Crippen molar-refractivity contribution in [2.75, 3.05) is 0 Å². The van der Waals surface area contributed by atoms with Crippen LogP contribution in [0.15, 0.2) is 24.3 Å². The van der Waals surface area contributed by atoms with Gasteiger partial charge in [-0.05, 0) is 179 Å². The Morgan fingerprint density at radius 1 is 0.596 bits per heavy atom. The standard InChI is InChI=1S/C12H15F3N2.C12H13F.C11H11F5N2.C11H14F4N2.C11H15F3N2.C9H6F2N2/c1-6(2)17-10-8(4-3-7-5-9(7)10)11(16-17)12(13,14)15;1-8(2)11-6-4-9-3-5-10(13)7-12(9)11;1-4(2)18-9-7(8(17-18)11(14,15)16)5-3-6(5)10(9,12)13;1-6(2)17-9-8(7(3)16-17)10(12,13)4-5-11(9,14)15;1-7(2)16-9-6-4-3-5-8(9)10(15-16)11(12,13)14;1-2-6-7-4-3-5(4)9(10,11)8(7)13-12-6/h6-7,9H,3-5H2,1-2H3;3,5-8H,4H2,1-2H3;4-6H,3H2,1-2H3;6H,4-5H2,1-3H3;7H,3-6H2,1-2H3;1,4-5H,3H2,(H,12,13). The van der Waals surface area contributed by atoms with Gasteiger partial charge in [0.15, 0.2) is 17.1 Å². The second-order valence-electron chi connectivity index (χ2n) is 27.3. The molecule has 10 nitrogen and oxygen atoms in total. The van der Waals surface area contributed by atoms with Gasteiger partial charge in [-0.2, -0.15) is 91.3 Å². The fraction of sp³-hybridized carbons (Fsp3) is 0.621. The highest BCUT2D eigenvalue weighted by Gasteiger charge is 2.69. The summed E-state index contributed by atoms with van der Waals surface area (Å²) in [6.07, 6.45) is -0.433. The fourth-order valence-electron chi connectivity index (χ4n) is 14.4. The number of aromatic amines is 1. The zero-order chi connectivity index (χ0) is 69.4. The van der Waals surface area contributed by atoms with Crippen LogP contribution in [0.2, 0.25) is 0 Å². The van der Waals surface area contributed by atoms with E-state index in [-0.39, 0.29) is 53.2 Å². The minimum atomic E-state index is -4.67. The number of allylic oxidation sites excluding steroid dienone is 2. The SMILES string of the molecule is C#Cc1[nH]nc2c1C1CC1C2(F)F.CC(C)C1=CCc2ccc(F)cc21.CC(C)n1nc(C(F)(F)F)c2c1C(F)(F)C1CC21.CC(C)n1nc(C(F)(F)F)c2c1C1CC1CC2.CC(C)n1nc(C(F)(F)F)c2c1CCCC2.Cc1nn(C(C)C)c2c1C(F)(F)CCC2(F)F. The second kappa shape index (κ2) is 24.4. The Labute approximate surface area is 531 Å². The van der Waals surface area contributed by atoms with Gasteiger partial charge >= 0.3 is 18.5 Å². The molecule has 1 N–H and O–H groups in total. The molecule has 28 heteroatoms. The number of nitrogens with one attached hydrogen (secondary N) is 1. The molecule has 0 amide bonds. The molecule has 1 aromatic carbocycles. The summed E-state index contributed by atoms with van der Waals surface area (Å²) < 4.78 is 243. The molecular weight excluding hydrogens is 1270 g/mol. The van der Waals surface area contributed by atoms with Crippen LogP contribution in [-0.2, 0) is 67.9 Å². The largest absolute Gasteiger partial charge is 0.435 e. The number of terminal acetylenes is 1. The summed E-state index contributed by atoms with van der Waals surface area (Å²) >= 11 is 0. The number of benzene rings is 1. The number of fused-ring (bicyclic) bond motifs is 12. The quantitative estimate of drug-likeness (QED) is 0.137. The number of halogens is 18. The maximum atomic E-state index is 14.0. The molecule has 5 heterocycles. The molecule has 0 saturated heterocycles. The van der Waals surface area contributed by atoms with Gasteiger partial charge in [0, 0.05) is 88.4 Å². The summed E-state index contributed by atoms with van der Waals surface area (Å²) in [5, 5.41) is 20.9. The van der Waals surface area contributed by atoms with E-state index in [1.165, 1.54) is 28.8 Å². The van der Waals surface area contributed by atoms with Gasteiger partial charge in [-0.15, -0.1) is 6.42 Å². The fourth-order valence-corrected chi connectivity index (χ4v) is 14.4. The van der Waals surface area contributed by atoms with Crippen molar-refractivity contribution in [3.8, 4) is 12.3 Å². The number of H-pyrrole nitrogens is 1. The van der Waals surface area contributed by atoms with Gasteiger partial charge in [-0.25, -0.2) is 13.2 Å². The first-order chi connectivity index (χ1) is 43.5. The van der Waals surface area contributed by atoms with Crippen molar-refractivity contribution >= 4 is 5.57 Å². The van der Waals surface area contributed by atoms with E-state index in [1.54, 1.807) is 38.4 Å². The van der Waals surface area contributed by atoms with Crippen LogP contribution in [0.25, 0.3) is 5.57 Å². The zero-order valence-corrected chi connectivity index (χ0v) is 53.6. The highest BCUT2D eigenvalue weighted by Crippen LogP contribution is 2.69. The first-order valence-electron chi connectivity index (χ1n) is 31.7. The highest BCUT2D eigenvalue weighted by atomic mass is 19.4. The molecule has 0 radical (unpaired) electrons. The van der Waals surface area contributed by atoms with E-state index in [9.17, 15) is 79.0 Å². The van der Waals surface area contributed by atoms with Crippen molar-refractivity contribution in [3.63, 3.8) is 0 Å². The molecule has 0 spiro atoms. The second-order valence-corrected chi connectivity index (χ2v) is 27.3. The molecule has 0 bridgehead atoms. The van der Waals surface area contributed by atoms with Gasteiger partial charge in [-0.1, -0.05) is 31.9 Å². The molecule has 3 fully saturated rings. The normalized spacial score (nSPS) is 23.5. The lowest BCUT2D eigenvalue weighted by molar-refractivity contribution is -0.143. The van der Waals surface area contributed by atoms with E-state index in [2.05, 4.69) is 56.4 Å². The minimum Gasteiger partial charge on any atom is -0.269 e. The number of hydrogen-bond donors (Lipinski definition) is 1. The summed E-state index contributed by atoms with van der Waals surface area (Å²) in [6, 6.07) is 4.18. The van der Waals surface area contributed by atoms with E-state index in [1.807, 2.05) is 33.8 Å². The van der Waals surface area contributed by atoms with Gasteiger partial charge in [0.2, 0.25) is 0 Å². The van der Waals surface area contributed by atoms with Crippen molar-refractivity contribution in [2.24, 2.45) is 23.7 Å². The summed E-state index contributed by atoms with van der Waals surface area (Å²) in [6.45, 7) is 19.5. The highest BCUT2D eigenvalue weighted by molar-refractivity contribution is 5.74. The smallest absolute Gasteiger partial charge is 0.269 e. The Balaban J connectivity index is 0.000000124. The molecule has 6 unspecified atom stereocenters. The van der Waals surface area contributed by atoms with Crippen LogP contribution in [0.5, 0.6) is 0 Å². The number of alkyl halides is 17. The summed E-state index contributed by atoms with van der Waals surface area (Å²) in [7, 11) is 0. The average molecular weight is 1350 g/mol. The molecule has 15 rings (SSSR count). The Kier molecular flexibility index (Phi) is 18.2. The number of rotatable bonds is 5. The number of aromatic nitrogens is 10. The van der Waals surface area contributed by atoms with E-state index >= 15 is 0 Å². The topological polar surface area (TPSA) is 100.0 Å². The Morgan fingerprint density at radius 2 is 1.13 bits per heavy atom. The van der Waals surface area contributed by atoms with Crippen molar-refractivity contribution < 1.29 is 79.0 Å². The third-order valence-corrected chi connectivity index (χ3v) is 18.9. The lowest BCUT2D eigenvalue weighted by Gasteiger charge is -2.30. The first-order valence-corrected chi connectivity index (χ1v) is 31.7. The predicted molar refractivity (Wildman–Crippen MR) is 312 cm³/mol. The third-order valence-electron chi connectivity index (χ3n) is 18.9. The maximum Gasteiger partial charge on any atom is 0.435 e. The van der Waals surface area contributed by atoms with Crippen molar-refractivity contribution in [2.45, 2.75) is 237 Å². The minimum absolute atomic E-state index is 0.000741. The molecule has 5 aromatic heterocycles. The lowest BCUT2D eigenvalue weighted by atomic mass is 9.89. The number of hydrogen-bond acceptors (Lipinski definition) is 5. The number of nitrogens with zero attached hydrogens (tertiary/aromatic N) is 9. The van der Waals surface area contributed by atoms with Crippen LogP contribution in [0, 0.1) is 48.8 Å². The van der Waals surface area contributed by atoms with E-state index < -0.39 is 113 Å². The van der Waals surface area contributed by atoms with Gasteiger partial charge in [0.05, 0.1) is 11.3 Å². The van der Waals surface area contributed by atoms with Crippen molar-refractivity contribution in [1.29, 1.82) is 0 Å². The van der Waals surface area contributed by atoms with Crippen LogP contribution in [0.3, 0.4) is 0 Å². The molecule has 0 aliphatic heterocycles. The Morgan fingerprint density at radius 3 is 1.70 bits per heavy atom. The summed E-state index contributed by atoms with van der Waals surface area (Å²) in [4.78, 5) is 0. The van der Waals surface area contributed by atoms with Crippen LogP contribution >= 0.6 is 0 Å². The van der Waals surface area contributed by atoms with E-state index in [0.717, 1.165) is 64.8 Å². The monoisotopic (exact) mass is 1350 g/mol. The molecule has 6 atom stereocenters. The Hall–Kier alpha value is -6.69. The molecule has 514 valence electrons. The molecule has 3 saturated carbocycles. The van der Waals surface area contributed by atoms with Crippen molar-refractivity contribution in [3.05, 3.63) is 126 Å². The average Bonchev–Trinajstić information content (AvgIpc) is 1.51. The predicted octanol–water partition coefficient (Wildman–Crippen LogP) is 19.4. The molecule has 94 heavy (non-hydrogen) atoms. The van der Waals surface area contributed by atoms with Gasteiger partial charge in [0.25, 0.3) is 23.7 Å². The van der Waals surface area contributed by atoms with Crippen LogP contribution in [-0.4, -0.2) is 49.3 Å². The van der Waals surface area contributed by atoms with Crippen molar-refractivity contribution in [1.82, 2.24) is 49.3 Å².